The molecule has 8 rings (SSSR count). The first kappa shape index (κ1) is 26.1. The van der Waals surface area contributed by atoms with Gasteiger partial charge in [-0.3, -0.25) is 0 Å². The second kappa shape index (κ2) is 10.3. The summed E-state index contributed by atoms with van der Waals surface area (Å²) >= 11 is 1.92. The molecule has 0 radical (unpaired) electrons. The fourth-order valence-electron chi connectivity index (χ4n) is 7.36. The molecule has 3 N–H and O–H groups in total. The number of thioether (sulfide) groups is 1. The molecule has 3 heteroatoms. The highest BCUT2D eigenvalue weighted by Crippen LogP contribution is 2.61. The second-order valence-electron chi connectivity index (χ2n) is 11.4. The van der Waals surface area contributed by atoms with E-state index in [9.17, 15) is 0 Å². The van der Waals surface area contributed by atoms with Gasteiger partial charge in [0, 0.05) is 22.9 Å². The summed E-state index contributed by atoms with van der Waals surface area (Å²) in [5, 5.41) is 3.88. The van der Waals surface area contributed by atoms with E-state index in [4.69, 9.17) is 12.3 Å². The molecule has 5 aromatic carbocycles. The lowest BCUT2D eigenvalue weighted by Crippen LogP contribution is -2.31. The van der Waals surface area contributed by atoms with Gasteiger partial charge in [-0.1, -0.05) is 128 Å². The highest BCUT2D eigenvalue weighted by Gasteiger charge is 2.49. The first-order valence-corrected chi connectivity index (χ1v) is 15.9. The zero-order valence-corrected chi connectivity index (χ0v) is 24.7. The maximum absolute atomic E-state index is 5.73. The van der Waals surface area contributed by atoms with E-state index in [1.54, 1.807) is 0 Å². The largest absolute Gasteiger partial charge is 0.374 e. The molecule has 43 heavy (non-hydrogen) atoms. The van der Waals surface area contributed by atoms with Crippen LogP contribution >= 0.6 is 11.8 Å². The van der Waals surface area contributed by atoms with Gasteiger partial charge in [0.25, 0.3) is 0 Å². The third kappa shape index (κ3) is 3.92. The lowest BCUT2D eigenvalue weighted by atomic mass is 9.64. The molecular weight excluding hydrogens is 541 g/mol. The van der Waals surface area contributed by atoms with Crippen molar-refractivity contribution in [2.24, 2.45) is 5.73 Å². The van der Waals surface area contributed by atoms with Gasteiger partial charge in [-0.25, -0.2) is 0 Å². The van der Waals surface area contributed by atoms with Crippen molar-refractivity contribution in [1.29, 1.82) is 0 Å². The predicted molar refractivity (Wildman–Crippen MR) is 183 cm³/mol. The molecular formula is C40H32N2S. The average molecular weight is 573 g/mol. The van der Waals surface area contributed by atoms with Crippen molar-refractivity contribution in [3.8, 4) is 11.1 Å². The number of rotatable bonds is 3. The fourth-order valence-corrected chi connectivity index (χ4v) is 8.51. The van der Waals surface area contributed by atoms with E-state index < -0.39 is 5.41 Å². The first-order chi connectivity index (χ1) is 21.2. The van der Waals surface area contributed by atoms with Crippen molar-refractivity contribution in [1.82, 2.24) is 0 Å². The Kier molecular flexibility index (Phi) is 6.25. The van der Waals surface area contributed by atoms with Crippen LogP contribution in [0.25, 0.3) is 28.9 Å². The first-order valence-electron chi connectivity index (χ1n) is 14.9. The number of hydrogen-bond acceptors (Lipinski definition) is 3. The fraction of sp³-hybridized carbons (Fsp3) is 0.100. The molecule has 2 heterocycles. The van der Waals surface area contributed by atoms with Gasteiger partial charge in [0.15, 0.2) is 0 Å². The second-order valence-corrected chi connectivity index (χ2v) is 12.5. The Hall–Kier alpha value is -4.57. The maximum Gasteiger partial charge on any atom is 0.0717 e. The molecule has 1 aliphatic carbocycles. The van der Waals surface area contributed by atoms with Crippen LogP contribution in [0.3, 0.4) is 0 Å². The molecule has 0 aromatic heterocycles. The van der Waals surface area contributed by atoms with Crippen molar-refractivity contribution in [3.63, 3.8) is 0 Å². The molecule has 1 spiro atoms. The van der Waals surface area contributed by atoms with Crippen LogP contribution < -0.4 is 11.1 Å². The van der Waals surface area contributed by atoms with Crippen LogP contribution in [0.4, 0.5) is 5.69 Å². The normalized spacial score (nSPS) is 17.3. The highest BCUT2D eigenvalue weighted by molar-refractivity contribution is 7.98. The third-order valence-electron chi connectivity index (χ3n) is 9.24. The van der Waals surface area contributed by atoms with E-state index in [0.29, 0.717) is 6.54 Å². The third-order valence-corrected chi connectivity index (χ3v) is 10.3. The van der Waals surface area contributed by atoms with Crippen LogP contribution in [-0.2, 0) is 11.2 Å². The molecule has 0 saturated carbocycles. The number of benzene rings is 5. The van der Waals surface area contributed by atoms with Gasteiger partial charge in [0.2, 0.25) is 0 Å². The Labute approximate surface area is 257 Å². The molecule has 0 saturated heterocycles. The smallest absolute Gasteiger partial charge is 0.0717 e. The van der Waals surface area contributed by atoms with Crippen LogP contribution in [0.2, 0.25) is 0 Å². The zero-order chi connectivity index (χ0) is 29.0. The topological polar surface area (TPSA) is 38.0 Å². The van der Waals surface area contributed by atoms with Gasteiger partial charge in [-0.2, -0.15) is 0 Å². The Balaban J connectivity index is 1.36. The summed E-state index contributed by atoms with van der Waals surface area (Å²) in [4.78, 5) is 1.28. The quantitative estimate of drug-likeness (QED) is 0.226. The lowest BCUT2D eigenvalue weighted by molar-refractivity contribution is 0.803. The highest BCUT2D eigenvalue weighted by atomic mass is 32.2. The number of anilines is 1. The molecule has 0 amide bonds. The molecule has 1 atom stereocenters. The molecule has 0 fully saturated rings. The van der Waals surface area contributed by atoms with E-state index in [1.165, 1.54) is 55.0 Å². The van der Waals surface area contributed by atoms with Crippen LogP contribution in [0.15, 0.2) is 133 Å². The van der Waals surface area contributed by atoms with Crippen LogP contribution in [0.5, 0.6) is 0 Å². The number of nitrogens with two attached hydrogens (primary N) is 1. The van der Waals surface area contributed by atoms with Gasteiger partial charge < -0.3 is 11.1 Å². The Morgan fingerprint density at radius 2 is 1.51 bits per heavy atom. The monoisotopic (exact) mass is 572 g/mol. The van der Waals surface area contributed by atoms with Crippen molar-refractivity contribution in [3.05, 3.63) is 172 Å². The summed E-state index contributed by atoms with van der Waals surface area (Å²) in [6, 6.07) is 40.2. The summed E-state index contributed by atoms with van der Waals surface area (Å²) in [5.74, 6) is 0.875. The van der Waals surface area contributed by atoms with E-state index in [1.807, 2.05) is 17.8 Å². The minimum atomic E-state index is -0.494. The molecule has 5 aromatic rings. The lowest BCUT2D eigenvalue weighted by Gasteiger charge is -2.40. The van der Waals surface area contributed by atoms with Crippen LogP contribution in [-0.4, -0.2) is 6.54 Å². The molecule has 3 aliphatic rings. The molecule has 1 unspecified atom stereocenters. The Bertz CT molecular complexity index is 1940. The zero-order valence-electron chi connectivity index (χ0n) is 23.9. The van der Waals surface area contributed by atoms with Crippen molar-refractivity contribution in [2.75, 3.05) is 11.9 Å². The summed E-state index contributed by atoms with van der Waals surface area (Å²) in [7, 11) is 0. The Morgan fingerprint density at radius 1 is 0.814 bits per heavy atom. The molecule has 0 bridgehead atoms. The van der Waals surface area contributed by atoms with Crippen LogP contribution in [0.1, 0.15) is 50.5 Å². The van der Waals surface area contributed by atoms with E-state index in [2.05, 4.69) is 133 Å². The molecule has 208 valence electrons. The number of hydrogen-bond donors (Lipinski definition) is 2. The van der Waals surface area contributed by atoms with Crippen molar-refractivity contribution >= 4 is 35.2 Å². The summed E-state index contributed by atoms with van der Waals surface area (Å²) in [5.41, 5.74) is 20.3. The number of fused-ring (bicyclic) bond motifs is 9. The molecule has 2 aliphatic heterocycles. The number of allylic oxidation sites excluding steroid dienone is 1. The van der Waals surface area contributed by atoms with Crippen molar-refractivity contribution < 1.29 is 0 Å². The van der Waals surface area contributed by atoms with Crippen LogP contribution in [0, 0.1) is 0 Å². The predicted octanol–water partition coefficient (Wildman–Crippen LogP) is 9.47. The van der Waals surface area contributed by atoms with Gasteiger partial charge in [-0.15, -0.1) is 11.8 Å². The number of nitrogens with one attached hydrogen (secondary N) is 1. The van der Waals surface area contributed by atoms with Crippen molar-refractivity contribution in [2.45, 2.75) is 22.1 Å². The van der Waals surface area contributed by atoms with E-state index in [-0.39, 0.29) is 6.04 Å². The van der Waals surface area contributed by atoms with E-state index in [0.717, 1.165) is 22.6 Å². The summed E-state index contributed by atoms with van der Waals surface area (Å²) in [6.45, 7) is 5.47. The van der Waals surface area contributed by atoms with Gasteiger partial charge in [-0.05, 0) is 73.3 Å². The van der Waals surface area contributed by atoms with Gasteiger partial charge in [0.05, 0.1) is 11.5 Å². The summed E-state index contributed by atoms with van der Waals surface area (Å²) < 4.78 is 0. The minimum Gasteiger partial charge on any atom is -0.374 e. The van der Waals surface area contributed by atoms with Gasteiger partial charge >= 0.3 is 0 Å². The minimum absolute atomic E-state index is 0.0451. The SMILES string of the molecule is C=C1c2ccccc2SCc2c(C3C=Cc4ccc(/C=C\CN)cc4N3)cccc2C12c1ccccc1-c1ccccc12. The Morgan fingerprint density at radius 3 is 2.28 bits per heavy atom. The molecule has 2 nitrogen and oxygen atoms in total. The summed E-state index contributed by atoms with van der Waals surface area (Å²) in [6.07, 6.45) is 8.65. The standard InChI is InChI=1S/C40H32N2S/c1-26-29-11-4-7-18-39(29)43-25-33-32(37-22-21-28-20-19-27(10-9-23-41)24-38(28)42-37)14-8-17-36(33)40(26)34-15-5-2-12-30(34)31-13-3-6-16-35(31)40/h2-22,24,37,42H,1,23,25,41H2/b10-9-. The van der Waals surface area contributed by atoms with E-state index >= 15 is 0 Å². The maximum atomic E-state index is 5.73. The van der Waals surface area contributed by atoms with Gasteiger partial charge in [0.1, 0.15) is 0 Å². The average Bonchev–Trinajstić information content (AvgIpc) is 3.36.